The van der Waals surface area contributed by atoms with Gasteiger partial charge in [0.1, 0.15) is 0 Å². The van der Waals surface area contributed by atoms with Crippen LogP contribution in [0, 0.1) is 12.8 Å². The molecule has 1 aliphatic rings. The van der Waals surface area contributed by atoms with Crippen molar-refractivity contribution in [3.63, 3.8) is 0 Å². The predicted molar refractivity (Wildman–Crippen MR) is 82.8 cm³/mol. The molecule has 4 nitrogen and oxygen atoms in total. The fourth-order valence-corrected chi connectivity index (χ4v) is 2.72. The quantitative estimate of drug-likeness (QED) is 0.809. The second kappa shape index (κ2) is 6.75. The number of carbonyl (C=O) groups excluding carboxylic acids is 1. The Labute approximate surface area is 121 Å². The highest BCUT2D eigenvalue weighted by molar-refractivity contribution is 5.99. The fraction of sp³-hybridized carbons (Fsp3) is 0.562. The van der Waals surface area contributed by atoms with Gasteiger partial charge in [-0.25, -0.2) is 0 Å². The van der Waals surface area contributed by atoms with Crippen molar-refractivity contribution in [2.45, 2.75) is 26.7 Å². The number of benzene rings is 1. The van der Waals surface area contributed by atoms with Gasteiger partial charge in [-0.3, -0.25) is 4.79 Å². The number of likely N-dealkylation sites (tertiary alicyclic amines) is 1. The molecule has 0 aliphatic carbocycles. The summed E-state index contributed by atoms with van der Waals surface area (Å²) >= 11 is 0. The molecule has 1 aromatic rings. The summed E-state index contributed by atoms with van der Waals surface area (Å²) in [5.41, 5.74) is 8.09. The van der Waals surface area contributed by atoms with E-state index in [-0.39, 0.29) is 5.91 Å². The van der Waals surface area contributed by atoms with Gasteiger partial charge in [0.25, 0.3) is 5.91 Å². The first-order chi connectivity index (χ1) is 9.56. The van der Waals surface area contributed by atoms with Gasteiger partial charge in [0.05, 0.1) is 5.56 Å². The molecule has 0 bridgehead atoms. The molecule has 0 aromatic heterocycles. The van der Waals surface area contributed by atoms with Crippen LogP contribution in [-0.2, 0) is 0 Å². The van der Waals surface area contributed by atoms with E-state index in [0.29, 0.717) is 23.7 Å². The van der Waals surface area contributed by atoms with E-state index in [9.17, 15) is 4.79 Å². The van der Waals surface area contributed by atoms with Crippen molar-refractivity contribution < 1.29 is 4.79 Å². The van der Waals surface area contributed by atoms with Crippen molar-refractivity contribution >= 4 is 11.6 Å². The molecule has 20 heavy (non-hydrogen) atoms. The molecule has 1 aliphatic heterocycles. The lowest BCUT2D eigenvalue weighted by atomic mass is 10.1. The Bertz CT molecular complexity index is 467. The summed E-state index contributed by atoms with van der Waals surface area (Å²) in [6, 6.07) is 5.55. The number of rotatable bonds is 5. The smallest absolute Gasteiger partial charge is 0.253 e. The second-order valence-electron chi connectivity index (χ2n) is 5.91. The molecule has 1 heterocycles. The molecule has 1 atom stereocenters. The molecule has 0 saturated carbocycles. The summed E-state index contributed by atoms with van der Waals surface area (Å²) in [6.07, 6.45) is 2.61. The SMILES string of the molecule is Cc1ccc(C(=O)NCC(C)CN2CCCC2)c(N)c1. The zero-order valence-electron chi connectivity index (χ0n) is 12.5. The molecule has 1 fully saturated rings. The minimum absolute atomic E-state index is 0.0734. The number of anilines is 1. The van der Waals surface area contributed by atoms with Crippen LogP contribution in [0.5, 0.6) is 0 Å². The zero-order valence-corrected chi connectivity index (χ0v) is 12.5. The number of nitrogens with one attached hydrogen (secondary N) is 1. The third-order valence-electron chi connectivity index (χ3n) is 3.83. The van der Waals surface area contributed by atoms with Crippen LogP contribution in [0.4, 0.5) is 5.69 Å². The number of nitrogens with two attached hydrogens (primary N) is 1. The Kier molecular flexibility index (Phi) is 5.01. The normalized spacial score (nSPS) is 17.1. The summed E-state index contributed by atoms with van der Waals surface area (Å²) in [6.45, 7) is 8.30. The number of carbonyl (C=O) groups is 1. The topological polar surface area (TPSA) is 58.4 Å². The molecule has 0 spiro atoms. The number of hydrogen-bond acceptors (Lipinski definition) is 3. The van der Waals surface area contributed by atoms with Crippen molar-refractivity contribution in [2.24, 2.45) is 5.92 Å². The Morgan fingerprint density at radius 3 is 2.75 bits per heavy atom. The molecule has 1 saturated heterocycles. The molecule has 1 aromatic carbocycles. The number of aryl methyl sites for hydroxylation is 1. The first kappa shape index (κ1) is 14.9. The van der Waals surface area contributed by atoms with Gasteiger partial charge >= 0.3 is 0 Å². The molecule has 0 radical (unpaired) electrons. The van der Waals surface area contributed by atoms with Gasteiger partial charge in [0.2, 0.25) is 0 Å². The largest absolute Gasteiger partial charge is 0.398 e. The van der Waals surface area contributed by atoms with E-state index in [1.54, 1.807) is 6.07 Å². The van der Waals surface area contributed by atoms with Crippen molar-refractivity contribution in [1.82, 2.24) is 10.2 Å². The van der Waals surface area contributed by atoms with Crippen LogP contribution in [0.15, 0.2) is 18.2 Å². The molecule has 1 unspecified atom stereocenters. The molecule has 2 rings (SSSR count). The number of nitrogen functional groups attached to an aromatic ring is 1. The maximum absolute atomic E-state index is 12.1. The fourth-order valence-electron chi connectivity index (χ4n) is 2.72. The van der Waals surface area contributed by atoms with Crippen molar-refractivity contribution in [2.75, 3.05) is 31.9 Å². The second-order valence-corrected chi connectivity index (χ2v) is 5.91. The Morgan fingerprint density at radius 2 is 2.10 bits per heavy atom. The Morgan fingerprint density at radius 1 is 1.40 bits per heavy atom. The van der Waals surface area contributed by atoms with Gasteiger partial charge in [-0.05, 0) is 56.5 Å². The highest BCUT2D eigenvalue weighted by Crippen LogP contribution is 2.14. The highest BCUT2D eigenvalue weighted by atomic mass is 16.1. The molecule has 110 valence electrons. The van der Waals surface area contributed by atoms with Crippen LogP contribution in [0.1, 0.15) is 35.7 Å². The molecular formula is C16H25N3O. The summed E-state index contributed by atoms with van der Waals surface area (Å²) in [5.74, 6) is 0.388. The van der Waals surface area contributed by atoms with E-state index in [1.807, 2.05) is 19.1 Å². The molecule has 1 amide bonds. The lowest BCUT2D eigenvalue weighted by molar-refractivity contribution is 0.0946. The van der Waals surface area contributed by atoms with E-state index in [4.69, 9.17) is 5.73 Å². The van der Waals surface area contributed by atoms with Crippen LogP contribution in [0.3, 0.4) is 0 Å². The van der Waals surface area contributed by atoms with E-state index in [2.05, 4.69) is 17.1 Å². The van der Waals surface area contributed by atoms with E-state index < -0.39 is 0 Å². The molecule has 4 heteroatoms. The van der Waals surface area contributed by atoms with E-state index in [1.165, 1.54) is 25.9 Å². The summed E-state index contributed by atoms with van der Waals surface area (Å²) in [4.78, 5) is 14.6. The van der Waals surface area contributed by atoms with Gasteiger partial charge in [0.15, 0.2) is 0 Å². The van der Waals surface area contributed by atoms with Gasteiger partial charge < -0.3 is 16.0 Å². The standard InChI is InChI=1S/C16H25N3O/c1-12-5-6-14(15(17)9-12)16(20)18-10-13(2)11-19-7-3-4-8-19/h5-6,9,13H,3-4,7-8,10-11,17H2,1-2H3,(H,18,20). The summed E-state index contributed by atoms with van der Waals surface area (Å²) < 4.78 is 0. The zero-order chi connectivity index (χ0) is 14.5. The number of hydrogen-bond donors (Lipinski definition) is 2. The van der Waals surface area contributed by atoms with Gasteiger partial charge in [-0.2, -0.15) is 0 Å². The van der Waals surface area contributed by atoms with Crippen molar-refractivity contribution in [3.05, 3.63) is 29.3 Å². The first-order valence-corrected chi connectivity index (χ1v) is 7.43. The average molecular weight is 275 g/mol. The minimum Gasteiger partial charge on any atom is -0.398 e. The van der Waals surface area contributed by atoms with Crippen LogP contribution in [0.25, 0.3) is 0 Å². The Balaban J connectivity index is 1.81. The Hall–Kier alpha value is -1.55. The number of nitrogens with zero attached hydrogens (tertiary/aromatic N) is 1. The van der Waals surface area contributed by atoms with Crippen LogP contribution >= 0.6 is 0 Å². The van der Waals surface area contributed by atoms with Gasteiger partial charge in [-0.1, -0.05) is 13.0 Å². The number of amides is 1. The predicted octanol–water partition coefficient (Wildman–Crippen LogP) is 2.04. The summed E-state index contributed by atoms with van der Waals surface area (Å²) in [5, 5.41) is 2.99. The third kappa shape index (κ3) is 3.97. The maximum Gasteiger partial charge on any atom is 0.253 e. The van der Waals surface area contributed by atoms with Crippen LogP contribution in [-0.4, -0.2) is 37.0 Å². The average Bonchev–Trinajstić information content (AvgIpc) is 2.89. The lowest BCUT2D eigenvalue weighted by Gasteiger charge is -2.20. The first-order valence-electron chi connectivity index (χ1n) is 7.43. The van der Waals surface area contributed by atoms with Crippen LogP contribution in [0.2, 0.25) is 0 Å². The highest BCUT2D eigenvalue weighted by Gasteiger charge is 2.16. The van der Waals surface area contributed by atoms with E-state index in [0.717, 1.165) is 12.1 Å². The monoisotopic (exact) mass is 275 g/mol. The van der Waals surface area contributed by atoms with Crippen molar-refractivity contribution in [3.8, 4) is 0 Å². The molecule has 3 N–H and O–H groups in total. The van der Waals surface area contributed by atoms with Crippen LogP contribution < -0.4 is 11.1 Å². The van der Waals surface area contributed by atoms with Crippen molar-refractivity contribution in [1.29, 1.82) is 0 Å². The van der Waals surface area contributed by atoms with Gasteiger partial charge in [0, 0.05) is 18.8 Å². The summed E-state index contributed by atoms with van der Waals surface area (Å²) in [7, 11) is 0. The van der Waals surface area contributed by atoms with Gasteiger partial charge in [-0.15, -0.1) is 0 Å². The third-order valence-corrected chi connectivity index (χ3v) is 3.83. The van der Waals surface area contributed by atoms with E-state index >= 15 is 0 Å². The molecular weight excluding hydrogens is 250 g/mol. The lowest BCUT2D eigenvalue weighted by Crippen LogP contribution is -2.34. The maximum atomic E-state index is 12.1. The minimum atomic E-state index is -0.0734.